The number of carboxylic acids is 1. The molecule has 0 atom stereocenters. The smallest absolute Gasteiger partial charge is 0.357 e. The number of hydrogen-bond donors (Lipinski definition) is 2. The predicted octanol–water partition coefficient (Wildman–Crippen LogP) is 1.47. The first-order valence-electron chi connectivity index (χ1n) is 6.46. The third-order valence-electron chi connectivity index (χ3n) is 2.97. The molecule has 1 saturated carbocycles. The van der Waals surface area contributed by atoms with Crippen LogP contribution in [0.3, 0.4) is 0 Å². The van der Waals surface area contributed by atoms with Gasteiger partial charge >= 0.3 is 5.97 Å². The fourth-order valence-electron chi connectivity index (χ4n) is 2.10. The van der Waals surface area contributed by atoms with Crippen LogP contribution in [0.15, 0.2) is 10.3 Å². The van der Waals surface area contributed by atoms with E-state index in [2.05, 4.69) is 9.10 Å². The second-order valence-corrected chi connectivity index (χ2v) is 8.29. The highest BCUT2D eigenvalue weighted by molar-refractivity contribution is 7.89. The third kappa shape index (κ3) is 4.00. The lowest BCUT2D eigenvalue weighted by atomic mass is 9.89. The number of nitrogens with one attached hydrogen (secondary N) is 1. The predicted molar refractivity (Wildman–Crippen MR) is 77.0 cm³/mol. The zero-order valence-electron chi connectivity index (χ0n) is 12.0. The molecule has 0 radical (unpaired) electrons. The van der Waals surface area contributed by atoms with Crippen LogP contribution in [0.2, 0.25) is 0 Å². The lowest BCUT2D eigenvalue weighted by molar-refractivity contribution is -0.0995. The van der Waals surface area contributed by atoms with Gasteiger partial charge in [-0.3, -0.25) is 0 Å². The number of carboxylic acid groups (broad SMARTS) is 1. The van der Waals surface area contributed by atoms with Crippen LogP contribution in [0, 0.1) is 0 Å². The van der Waals surface area contributed by atoms with Gasteiger partial charge in [-0.05, 0) is 45.1 Å². The molecule has 0 bridgehead atoms. The molecular formula is C12H18N2O5S2. The van der Waals surface area contributed by atoms with Crippen LogP contribution >= 0.6 is 11.5 Å². The van der Waals surface area contributed by atoms with Crippen molar-refractivity contribution in [3.05, 3.63) is 11.1 Å². The monoisotopic (exact) mass is 334 g/mol. The molecule has 21 heavy (non-hydrogen) atoms. The quantitative estimate of drug-likeness (QED) is 0.844. The van der Waals surface area contributed by atoms with E-state index >= 15 is 0 Å². The molecule has 0 saturated heterocycles. The van der Waals surface area contributed by atoms with Gasteiger partial charge in [-0.1, -0.05) is 0 Å². The van der Waals surface area contributed by atoms with E-state index in [-0.39, 0.29) is 22.6 Å². The van der Waals surface area contributed by atoms with Gasteiger partial charge in [-0.2, -0.15) is 4.37 Å². The van der Waals surface area contributed by atoms with E-state index in [1.807, 2.05) is 20.8 Å². The maximum atomic E-state index is 12.2. The molecule has 1 aromatic rings. The molecule has 0 amide bonds. The fraction of sp³-hybridized carbons (Fsp3) is 0.667. The number of ether oxygens (including phenoxy) is 1. The minimum atomic E-state index is -3.86. The van der Waals surface area contributed by atoms with E-state index < -0.39 is 21.7 Å². The number of hydrogen-bond acceptors (Lipinski definition) is 6. The Morgan fingerprint density at radius 3 is 2.62 bits per heavy atom. The minimum absolute atomic E-state index is 0.0252. The van der Waals surface area contributed by atoms with Crippen molar-refractivity contribution in [1.29, 1.82) is 0 Å². The summed E-state index contributed by atoms with van der Waals surface area (Å²) in [6.07, 6.45) is 1.18. The van der Waals surface area contributed by atoms with Gasteiger partial charge in [0.25, 0.3) is 0 Å². The first-order chi connectivity index (χ1) is 9.58. The molecular weight excluding hydrogens is 316 g/mol. The standard InChI is InChI=1S/C12H18N2O5S2/c1-12(2,3)19-8-4-7(5-8)14-21(17,18)9-6-20-13-10(9)11(15)16/h6-8,14H,4-5H2,1-3H3,(H,15,16). The second kappa shape index (κ2) is 5.64. The number of nitrogens with zero attached hydrogens (tertiary/aromatic N) is 1. The Labute approximate surface area is 127 Å². The highest BCUT2D eigenvalue weighted by Crippen LogP contribution is 2.29. The number of carbonyl (C=O) groups is 1. The highest BCUT2D eigenvalue weighted by atomic mass is 32.2. The van der Waals surface area contributed by atoms with Crippen LogP contribution in [0.4, 0.5) is 0 Å². The van der Waals surface area contributed by atoms with Gasteiger partial charge in [0.15, 0.2) is 5.69 Å². The number of aromatic nitrogens is 1. The number of sulfonamides is 1. The fourth-order valence-corrected chi connectivity index (χ4v) is 4.49. The summed E-state index contributed by atoms with van der Waals surface area (Å²) < 4.78 is 36.2. The summed E-state index contributed by atoms with van der Waals surface area (Å²) in [4.78, 5) is 10.7. The van der Waals surface area contributed by atoms with Gasteiger partial charge < -0.3 is 9.84 Å². The van der Waals surface area contributed by atoms with Gasteiger partial charge in [0.2, 0.25) is 10.0 Å². The summed E-state index contributed by atoms with van der Waals surface area (Å²) in [5.41, 5.74) is -0.697. The summed E-state index contributed by atoms with van der Waals surface area (Å²) in [6.45, 7) is 5.84. The second-order valence-electron chi connectivity index (χ2n) is 5.97. The Bertz CT molecular complexity index is 626. The van der Waals surface area contributed by atoms with Crippen molar-refractivity contribution in [3.8, 4) is 0 Å². The van der Waals surface area contributed by atoms with E-state index in [1.165, 1.54) is 5.38 Å². The van der Waals surface area contributed by atoms with Crippen LogP contribution in [0.5, 0.6) is 0 Å². The molecule has 1 aromatic heterocycles. The highest BCUT2D eigenvalue weighted by Gasteiger charge is 2.37. The largest absolute Gasteiger partial charge is 0.476 e. The number of aromatic carboxylic acids is 1. The molecule has 118 valence electrons. The van der Waals surface area contributed by atoms with Crippen molar-refractivity contribution >= 4 is 27.5 Å². The van der Waals surface area contributed by atoms with Gasteiger partial charge in [0.05, 0.1) is 11.7 Å². The van der Waals surface area contributed by atoms with Crippen molar-refractivity contribution in [3.63, 3.8) is 0 Å². The summed E-state index contributed by atoms with van der Waals surface area (Å²) in [6, 6.07) is -0.233. The molecule has 0 aromatic carbocycles. The van der Waals surface area contributed by atoms with Crippen LogP contribution in [-0.4, -0.2) is 41.6 Å². The van der Waals surface area contributed by atoms with Crippen molar-refractivity contribution in [2.24, 2.45) is 0 Å². The van der Waals surface area contributed by atoms with Gasteiger partial charge in [0.1, 0.15) is 4.90 Å². The Kier molecular flexibility index (Phi) is 4.39. The first kappa shape index (κ1) is 16.3. The van der Waals surface area contributed by atoms with E-state index in [0.29, 0.717) is 12.8 Å². The molecule has 2 N–H and O–H groups in total. The van der Waals surface area contributed by atoms with Crippen molar-refractivity contribution in [1.82, 2.24) is 9.10 Å². The average Bonchev–Trinajstić information content (AvgIpc) is 2.73. The maximum Gasteiger partial charge on any atom is 0.357 e. The molecule has 0 aliphatic heterocycles. The molecule has 2 rings (SSSR count). The van der Waals surface area contributed by atoms with E-state index in [4.69, 9.17) is 9.84 Å². The van der Waals surface area contributed by atoms with Gasteiger partial charge in [-0.15, -0.1) is 0 Å². The molecule has 9 heteroatoms. The Balaban J connectivity index is 1.98. The normalized spacial score (nSPS) is 22.8. The van der Waals surface area contributed by atoms with Gasteiger partial charge in [-0.25, -0.2) is 17.9 Å². The first-order valence-corrected chi connectivity index (χ1v) is 8.78. The summed E-state index contributed by atoms with van der Waals surface area (Å²) in [5.74, 6) is -1.35. The molecule has 1 aliphatic carbocycles. The van der Waals surface area contributed by atoms with Crippen molar-refractivity contribution in [2.45, 2.75) is 56.3 Å². The van der Waals surface area contributed by atoms with E-state index in [0.717, 1.165) is 11.5 Å². The zero-order chi connectivity index (χ0) is 15.8. The van der Waals surface area contributed by atoms with Crippen LogP contribution in [0.1, 0.15) is 44.1 Å². The summed E-state index contributed by atoms with van der Waals surface area (Å²) >= 11 is 0.808. The maximum absolute atomic E-state index is 12.2. The Morgan fingerprint density at radius 1 is 1.48 bits per heavy atom. The van der Waals surface area contributed by atoms with Crippen molar-refractivity contribution in [2.75, 3.05) is 0 Å². The molecule has 1 fully saturated rings. The van der Waals surface area contributed by atoms with Crippen LogP contribution in [0.25, 0.3) is 0 Å². The third-order valence-corrected chi connectivity index (χ3v) is 5.28. The average molecular weight is 334 g/mol. The lowest BCUT2D eigenvalue weighted by Crippen LogP contribution is -2.49. The molecule has 1 heterocycles. The Hall–Kier alpha value is -1.03. The minimum Gasteiger partial charge on any atom is -0.476 e. The van der Waals surface area contributed by atoms with Gasteiger partial charge in [0, 0.05) is 11.4 Å². The summed E-state index contributed by atoms with van der Waals surface area (Å²) in [7, 11) is -3.86. The molecule has 7 nitrogen and oxygen atoms in total. The van der Waals surface area contributed by atoms with E-state index in [1.54, 1.807) is 0 Å². The molecule has 0 unspecified atom stereocenters. The Morgan fingerprint density at radius 2 is 2.10 bits per heavy atom. The summed E-state index contributed by atoms with van der Waals surface area (Å²) in [5, 5.41) is 10.2. The van der Waals surface area contributed by atoms with E-state index in [9.17, 15) is 13.2 Å². The SMILES string of the molecule is CC(C)(C)OC1CC(NS(=O)(=O)c2csnc2C(=O)O)C1. The molecule has 0 spiro atoms. The number of rotatable bonds is 5. The van der Waals surface area contributed by atoms with Crippen molar-refractivity contribution < 1.29 is 23.1 Å². The van der Waals surface area contributed by atoms with Crippen LogP contribution in [-0.2, 0) is 14.8 Å². The lowest BCUT2D eigenvalue weighted by Gasteiger charge is -2.39. The molecule has 1 aliphatic rings. The van der Waals surface area contributed by atoms with Crippen LogP contribution < -0.4 is 4.72 Å². The topological polar surface area (TPSA) is 106 Å². The zero-order valence-corrected chi connectivity index (χ0v) is 13.6.